The summed E-state index contributed by atoms with van der Waals surface area (Å²) in [4.78, 5) is 25.4. The molecular formula is C33H42Cl2N6O3. The molecule has 2 fully saturated rings. The van der Waals surface area contributed by atoms with Crippen molar-refractivity contribution < 1.29 is 14.6 Å². The van der Waals surface area contributed by atoms with E-state index in [4.69, 9.17) is 9.72 Å². The van der Waals surface area contributed by atoms with Gasteiger partial charge in [0.2, 0.25) is 0 Å². The van der Waals surface area contributed by atoms with E-state index in [1.807, 2.05) is 75.8 Å². The van der Waals surface area contributed by atoms with Crippen molar-refractivity contribution in [2.45, 2.75) is 56.4 Å². The van der Waals surface area contributed by atoms with Crippen LogP contribution in [0.5, 0.6) is 0 Å². The molecule has 2 aromatic carbocycles. The first-order chi connectivity index (χ1) is 20.5. The number of imidazole rings is 2. The lowest BCUT2D eigenvalue weighted by Crippen LogP contribution is -2.54. The minimum atomic E-state index is -1.10. The smallest absolute Gasteiger partial charge is 0.275 e. The van der Waals surface area contributed by atoms with Crippen LogP contribution in [0.15, 0.2) is 79.4 Å². The lowest BCUT2D eigenvalue weighted by molar-refractivity contribution is -0.104. The van der Waals surface area contributed by atoms with Gasteiger partial charge in [-0.05, 0) is 24.8 Å². The summed E-state index contributed by atoms with van der Waals surface area (Å²) >= 11 is 0. The summed E-state index contributed by atoms with van der Waals surface area (Å²) in [6.07, 6.45) is 9.45. The molecular weight excluding hydrogens is 599 g/mol. The molecule has 1 amide bonds. The van der Waals surface area contributed by atoms with Gasteiger partial charge in [0, 0.05) is 50.7 Å². The fraction of sp³-hybridized carbons (Fsp3) is 0.424. The molecule has 4 aromatic rings. The summed E-state index contributed by atoms with van der Waals surface area (Å²) in [6.45, 7) is 2.60. The van der Waals surface area contributed by atoms with Gasteiger partial charge < -0.3 is 29.2 Å². The number of rotatable bonds is 9. The zero-order valence-corrected chi connectivity index (χ0v) is 26.7. The molecule has 6 rings (SSSR count). The maximum Gasteiger partial charge on any atom is 0.275 e. The van der Waals surface area contributed by atoms with Gasteiger partial charge >= 0.3 is 0 Å². The van der Waals surface area contributed by atoms with Crippen molar-refractivity contribution in [3.63, 3.8) is 0 Å². The highest BCUT2D eigenvalue weighted by Crippen LogP contribution is 2.41. The third-order valence-corrected chi connectivity index (χ3v) is 8.77. The van der Waals surface area contributed by atoms with Crippen molar-refractivity contribution >= 4 is 30.7 Å². The fourth-order valence-corrected chi connectivity index (χ4v) is 6.49. The normalized spacial score (nSPS) is 21.7. The number of nitrogens with one attached hydrogen (secondary N) is 1. The lowest BCUT2D eigenvalue weighted by Gasteiger charge is -2.41. The second-order valence-electron chi connectivity index (χ2n) is 11.6. The summed E-state index contributed by atoms with van der Waals surface area (Å²) in [6, 6.07) is 20.0. The summed E-state index contributed by atoms with van der Waals surface area (Å²) < 4.78 is 10.0. The number of halogens is 2. The Morgan fingerprint density at radius 1 is 1.07 bits per heavy atom. The van der Waals surface area contributed by atoms with Crippen LogP contribution in [0.25, 0.3) is 11.3 Å². The first kappa shape index (κ1) is 33.7. The highest BCUT2D eigenvalue weighted by atomic mass is 35.5. The highest BCUT2D eigenvalue weighted by molar-refractivity contribution is 5.98. The molecule has 3 heterocycles. The SMILES string of the molecule is Cl.Cl.Cn1ccnc1COCC1(O)CCCCC1n1cnc(C(=O)N2CCNC[C@H]2Cc2ccccc2)c1-c1ccccc1. The summed E-state index contributed by atoms with van der Waals surface area (Å²) in [5.74, 6) is 0.743. The molecule has 236 valence electrons. The third-order valence-electron chi connectivity index (χ3n) is 8.77. The number of ether oxygens (including phenoxy) is 1. The summed E-state index contributed by atoms with van der Waals surface area (Å²) in [5, 5.41) is 15.5. The Kier molecular flexibility index (Phi) is 11.6. The van der Waals surface area contributed by atoms with Gasteiger partial charge in [0.1, 0.15) is 18.0 Å². The monoisotopic (exact) mass is 640 g/mol. The summed E-state index contributed by atoms with van der Waals surface area (Å²) in [5.41, 5.74) is 2.21. The number of aliphatic hydroxyl groups is 1. The molecule has 2 aliphatic rings. The molecule has 1 aliphatic carbocycles. The molecule has 1 aliphatic heterocycles. The minimum Gasteiger partial charge on any atom is -0.385 e. The zero-order valence-electron chi connectivity index (χ0n) is 25.0. The average Bonchev–Trinajstić information content (AvgIpc) is 3.64. The number of aryl methyl sites for hydroxylation is 1. The first-order valence-electron chi connectivity index (χ1n) is 15.0. The van der Waals surface area contributed by atoms with Gasteiger partial charge in [-0.15, -0.1) is 24.8 Å². The van der Waals surface area contributed by atoms with Crippen LogP contribution in [0.3, 0.4) is 0 Å². The van der Waals surface area contributed by atoms with Gasteiger partial charge in [0.15, 0.2) is 5.69 Å². The van der Waals surface area contributed by atoms with E-state index in [-0.39, 0.29) is 49.4 Å². The molecule has 3 atom stereocenters. The van der Waals surface area contributed by atoms with Crippen LogP contribution >= 0.6 is 24.8 Å². The van der Waals surface area contributed by atoms with Crippen molar-refractivity contribution in [2.75, 3.05) is 26.2 Å². The van der Waals surface area contributed by atoms with Gasteiger partial charge in [-0.25, -0.2) is 9.97 Å². The predicted octanol–water partition coefficient (Wildman–Crippen LogP) is 4.85. The van der Waals surface area contributed by atoms with E-state index in [9.17, 15) is 9.90 Å². The molecule has 2 aromatic heterocycles. The molecule has 0 radical (unpaired) electrons. The van der Waals surface area contributed by atoms with E-state index in [0.29, 0.717) is 25.3 Å². The Morgan fingerprint density at radius 3 is 2.55 bits per heavy atom. The number of aromatic nitrogens is 4. The van der Waals surface area contributed by atoms with E-state index in [0.717, 1.165) is 55.9 Å². The number of carbonyl (C=O) groups is 1. The Hall–Kier alpha value is -3.21. The van der Waals surface area contributed by atoms with Gasteiger partial charge in [-0.1, -0.05) is 73.5 Å². The van der Waals surface area contributed by atoms with Crippen molar-refractivity contribution in [3.8, 4) is 11.3 Å². The Morgan fingerprint density at radius 2 is 1.82 bits per heavy atom. The van der Waals surface area contributed by atoms with Crippen LogP contribution in [0.4, 0.5) is 0 Å². The van der Waals surface area contributed by atoms with E-state index in [2.05, 4.69) is 22.4 Å². The van der Waals surface area contributed by atoms with Gasteiger partial charge in [0.05, 0.1) is 24.7 Å². The Labute approximate surface area is 271 Å². The van der Waals surface area contributed by atoms with Gasteiger partial charge in [-0.3, -0.25) is 4.79 Å². The van der Waals surface area contributed by atoms with E-state index < -0.39 is 5.60 Å². The van der Waals surface area contributed by atoms with Crippen molar-refractivity contribution in [1.29, 1.82) is 0 Å². The van der Waals surface area contributed by atoms with Crippen LogP contribution < -0.4 is 5.32 Å². The number of piperazine rings is 1. The number of benzene rings is 2. The number of carbonyl (C=O) groups excluding carboxylic acids is 1. The Balaban J connectivity index is 0.00000221. The molecule has 0 spiro atoms. The largest absolute Gasteiger partial charge is 0.385 e. The lowest BCUT2D eigenvalue weighted by atomic mass is 9.80. The molecule has 2 unspecified atom stereocenters. The van der Waals surface area contributed by atoms with Crippen LogP contribution in [0.1, 0.15) is 53.6 Å². The number of hydrogen-bond donors (Lipinski definition) is 2. The molecule has 11 heteroatoms. The van der Waals surface area contributed by atoms with Gasteiger partial charge in [0.25, 0.3) is 5.91 Å². The van der Waals surface area contributed by atoms with Gasteiger partial charge in [-0.2, -0.15) is 0 Å². The van der Waals surface area contributed by atoms with Crippen LogP contribution in [0.2, 0.25) is 0 Å². The fourth-order valence-electron chi connectivity index (χ4n) is 6.49. The van der Waals surface area contributed by atoms with Crippen molar-refractivity contribution in [3.05, 3.63) is 96.5 Å². The average molecular weight is 642 g/mol. The number of amides is 1. The Bertz CT molecular complexity index is 1480. The van der Waals surface area contributed by atoms with Crippen molar-refractivity contribution in [2.24, 2.45) is 7.05 Å². The topological polar surface area (TPSA) is 97.4 Å². The molecule has 0 bridgehead atoms. The predicted molar refractivity (Wildman–Crippen MR) is 175 cm³/mol. The molecule has 44 heavy (non-hydrogen) atoms. The quantitative estimate of drug-likeness (QED) is 0.272. The molecule has 2 N–H and O–H groups in total. The third kappa shape index (κ3) is 7.19. The number of nitrogens with zero attached hydrogens (tertiary/aromatic N) is 5. The first-order valence-corrected chi connectivity index (χ1v) is 15.0. The molecule has 9 nitrogen and oxygen atoms in total. The second-order valence-corrected chi connectivity index (χ2v) is 11.6. The number of hydrogen-bond acceptors (Lipinski definition) is 6. The summed E-state index contributed by atoms with van der Waals surface area (Å²) in [7, 11) is 1.93. The maximum atomic E-state index is 14.3. The van der Waals surface area contributed by atoms with E-state index in [1.54, 1.807) is 12.5 Å². The van der Waals surface area contributed by atoms with Crippen LogP contribution in [-0.4, -0.2) is 72.9 Å². The molecule has 1 saturated carbocycles. The van der Waals surface area contributed by atoms with Crippen molar-refractivity contribution in [1.82, 2.24) is 29.3 Å². The van der Waals surface area contributed by atoms with Crippen LogP contribution in [-0.2, 0) is 24.8 Å². The minimum absolute atomic E-state index is 0. The molecule has 1 saturated heterocycles. The van der Waals surface area contributed by atoms with Crippen LogP contribution in [0, 0.1) is 0 Å². The second kappa shape index (κ2) is 15.2. The van der Waals surface area contributed by atoms with E-state index >= 15 is 0 Å². The maximum absolute atomic E-state index is 14.3. The highest BCUT2D eigenvalue weighted by Gasteiger charge is 2.42. The zero-order chi connectivity index (χ0) is 28.9. The standard InChI is InChI=1S/C33H40N6O3.2ClH/c1-37-18-17-35-29(37)22-42-23-33(41)15-9-8-14-28(33)39-24-36-30(31(39)26-12-6-3-7-13-26)32(40)38-19-16-34-21-27(38)20-25-10-4-2-5-11-25;;/h2-7,10-13,17-18,24,27-28,34,41H,8-9,14-16,19-23H2,1H3;2*1H/t27-,28?,33?;;/m1../s1. The van der Waals surface area contributed by atoms with E-state index in [1.165, 1.54) is 5.56 Å².